The molecule has 2 aromatic rings. The maximum Gasteiger partial charge on any atom is 0.115 e. The monoisotopic (exact) mass is 336 g/mol. The molecule has 0 aromatic heterocycles. The maximum absolute atomic E-state index is 9.63. The van der Waals surface area contributed by atoms with Crippen LogP contribution in [0.1, 0.15) is 44.7 Å². The van der Waals surface area contributed by atoms with E-state index < -0.39 is 0 Å². The first-order valence-corrected chi connectivity index (χ1v) is 8.66. The molecule has 3 heteroatoms. The fraction of sp³-hybridized carbons (Fsp3) is 0.318. The normalized spacial score (nSPS) is 13.8. The number of phenolic OH excluding ortho intramolecular Hbond substituents is 1. The van der Waals surface area contributed by atoms with Gasteiger partial charge in [0, 0.05) is 12.5 Å². The number of amidine groups is 1. The van der Waals surface area contributed by atoms with Gasteiger partial charge in [0.05, 0.1) is 5.84 Å². The van der Waals surface area contributed by atoms with E-state index in [0.717, 1.165) is 5.84 Å². The fourth-order valence-corrected chi connectivity index (χ4v) is 3.07. The summed E-state index contributed by atoms with van der Waals surface area (Å²) in [5.74, 6) is 1.38. The molecule has 0 aliphatic heterocycles. The highest BCUT2D eigenvalue weighted by Crippen LogP contribution is 2.41. The summed E-state index contributed by atoms with van der Waals surface area (Å²) in [6, 6.07) is 18.0. The smallest absolute Gasteiger partial charge is 0.115 e. The van der Waals surface area contributed by atoms with Crippen molar-refractivity contribution in [1.82, 2.24) is 5.32 Å². The van der Waals surface area contributed by atoms with Crippen molar-refractivity contribution in [1.29, 1.82) is 0 Å². The highest BCUT2D eigenvalue weighted by molar-refractivity contribution is 5.80. The number of allylic oxidation sites excluding steroid dienone is 1. The van der Waals surface area contributed by atoms with Crippen molar-refractivity contribution in [2.24, 2.45) is 10.4 Å². The average Bonchev–Trinajstić information content (AvgIpc) is 2.61. The Morgan fingerprint density at radius 3 is 2.28 bits per heavy atom. The number of rotatable bonds is 6. The van der Waals surface area contributed by atoms with Gasteiger partial charge in [0.15, 0.2) is 0 Å². The Morgan fingerprint density at radius 1 is 1.08 bits per heavy atom. The van der Waals surface area contributed by atoms with Crippen LogP contribution in [-0.2, 0) is 0 Å². The van der Waals surface area contributed by atoms with E-state index in [1.807, 2.05) is 44.3 Å². The molecule has 3 nitrogen and oxygen atoms in total. The van der Waals surface area contributed by atoms with E-state index in [9.17, 15) is 5.11 Å². The number of hydrogen-bond acceptors (Lipinski definition) is 2. The molecular weight excluding hydrogens is 308 g/mol. The topological polar surface area (TPSA) is 44.6 Å². The van der Waals surface area contributed by atoms with E-state index in [4.69, 9.17) is 4.99 Å². The number of hydrogen-bond donors (Lipinski definition) is 2. The lowest BCUT2D eigenvalue weighted by Crippen LogP contribution is -2.28. The minimum atomic E-state index is -0.0861. The number of nitrogens with one attached hydrogen (secondary N) is 1. The van der Waals surface area contributed by atoms with Crippen molar-refractivity contribution in [3.05, 3.63) is 78.0 Å². The van der Waals surface area contributed by atoms with Crippen LogP contribution in [0.4, 0.5) is 0 Å². The van der Waals surface area contributed by atoms with Crippen molar-refractivity contribution >= 4 is 5.84 Å². The molecule has 2 rings (SSSR count). The van der Waals surface area contributed by atoms with Gasteiger partial charge in [-0.1, -0.05) is 62.4 Å². The lowest BCUT2D eigenvalue weighted by atomic mass is 9.71. The first-order chi connectivity index (χ1) is 11.9. The molecule has 0 bridgehead atoms. The minimum absolute atomic E-state index is 0.0861. The Bertz CT molecular complexity index is 715. The van der Waals surface area contributed by atoms with Crippen molar-refractivity contribution in [3.8, 4) is 5.75 Å². The van der Waals surface area contributed by atoms with Gasteiger partial charge in [0.2, 0.25) is 0 Å². The zero-order chi connectivity index (χ0) is 18.3. The van der Waals surface area contributed by atoms with Gasteiger partial charge in [0.25, 0.3) is 0 Å². The van der Waals surface area contributed by atoms with Gasteiger partial charge in [0.1, 0.15) is 5.75 Å². The summed E-state index contributed by atoms with van der Waals surface area (Å²) in [6.07, 6.45) is 3.84. The van der Waals surface area contributed by atoms with Crippen LogP contribution in [0.15, 0.2) is 71.9 Å². The van der Waals surface area contributed by atoms with Gasteiger partial charge < -0.3 is 10.4 Å². The third-order valence-corrected chi connectivity index (χ3v) is 4.32. The van der Waals surface area contributed by atoms with Crippen LogP contribution in [0, 0.1) is 5.41 Å². The summed E-state index contributed by atoms with van der Waals surface area (Å²) in [7, 11) is 0. The van der Waals surface area contributed by atoms with E-state index in [2.05, 4.69) is 43.4 Å². The lowest BCUT2D eigenvalue weighted by Gasteiger charge is -2.34. The second kappa shape index (κ2) is 8.52. The van der Waals surface area contributed by atoms with Crippen molar-refractivity contribution in [2.75, 3.05) is 6.54 Å². The van der Waals surface area contributed by atoms with Gasteiger partial charge in [-0.2, -0.15) is 0 Å². The zero-order valence-electron chi connectivity index (χ0n) is 15.5. The molecule has 0 aliphatic rings. The molecule has 0 aliphatic carbocycles. The van der Waals surface area contributed by atoms with Crippen molar-refractivity contribution < 1.29 is 5.11 Å². The maximum atomic E-state index is 9.63. The summed E-state index contributed by atoms with van der Waals surface area (Å²) < 4.78 is 0. The molecular formula is C22H28N2O. The van der Waals surface area contributed by atoms with Crippen LogP contribution in [0.3, 0.4) is 0 Å². The molecule has 0 saturated carbocycles. The van der Waals surface area contributed by atoms with Gasteiger partial charge in [-0.25, -0.2) is 0 Å². The third-order valence-electron chi connectivity index (χ3n) is 4.32. The highest BCUT2D eigenvalue weighted by Gasteiger charge is 2.32. The Balaban J connectivity index is 2.35. The van der Waals surface area contributed by atoms with Crippen LogP contribution < -0.4 is 5.32 Å². The molecule has 0 fully saturated rings. The third kappa shape index (κ3) is 5.21. The largest absolute Gasteiger partial charge is 0.508 e. The van der Waals surface area contributed by atoms with E-state index in [-0.39, 0.29) is 17.1 Å². The minimum Gasteiger partial charge on any atom is -0.508 e. The predicted molar refractivity (Wildman–Crippen MR) is 106 cm³/mol. The molecule has 0 amide bonds. The van der Waals surface area contributed by atoms with Crippen LogP contribution in [0.2, 0.25) is 0 Å². The first-order valence-electron chi connectivity index (χ1n) is 8.66. The molecule has 1 unspecified atom stereocenters. The van der Waals surface area contributed by atoms with Crippen LogP contribution in [0.5, 0.6) is 5.75 Å². The van der Waals surface area contributed by atoms with Crippen molar-refractivity contribution in [3.63, 3.8) is 0 Å². The van der Waals surface area contributed by atoms with Gasteiger partial charge in [-0.15, -0.1) is 0 Å². The molecule has 25 heavy (non-hydrogen) atoms. The molecule has 2 N–H and O–H groups in total. The first kappa shape index (κ1) is 18.8. The summed E-state index contributed by atoms with van der Waals surface area (Å²) in [5, 5.41) is 12.8. The second-order valence-electron chi connectivity index (χ2n) is 6.97. The van der Waals surface area contributed by atoms with Gasteiger partial charge in [-0.3, -0.25) is 4.99 Å². The molecule has 0 heterocycles. The number of aliphatic imine (C=N–C) groups is 1. The molecule has 2 aromatic carbocycles. The number of nitrogens with zero attached hydrogens (tertiary/aromatic N) is 1. The van der Waals surface area contributed by atoms with E-state index in [1.54, 1.807) is 12.1 Å². The number of benzene rings is 2. The Labute approximate surface area is 151 Å². The fourth-order valence-electron chi connectivity index (χ4n) is 3.07. The molecule has 0 spiro atoms. The summed E-state index contributed by atoms with van der Waals surface area (Å²) in [6.45, 7) is 9.13. The summed E-state index contributed by atoms with van der Waals surface area (Å²) in [5.41, 5.74) is 2.35. The van der Waals surface area contributed by atoms with Gasteiger partial charge in [-0.05, 0) is 48.7 Å². The standard InChI is InChI=1S/C22H28N2O/c1-5-15-23-17(2)24-16-22(3,4)21(18-9-7-6-8-10-18)19-11-13-20(25)14-12-19/h5-15,21,25H,16H2,1-4H3,(H,23,24)/b15-5-. The molecule has 0 saturated heterocycles. The highest BCUT2D eigenvalue weighted by atomic mass is 16.3. The van der Waals surface area contributed by atoms with Crippen molar-refractivity contribution in [2.45, 2.75) is 33.6 Å². The van der Waals surface area contributed by atoms with E-state index in [0.29, 0.717) is 6.54 Å². The quantitative estimate of drug-likeness (QED) is 0.570. The predicted octanol–water partition coefficient (Wildman–Crippen LogP) is 5.09. The average molecular weight is 336 g/mol. The van der Waals surface area contributed by atoms with Crippen LogP contribution >= 0.6 is 0 Å². The Kier molecular flexibility index (Phi) is 6.40. The number of aromatic hydroxyl groups is 1. The Hall–Kier alpha value is -2.55. The summed E-state index contributed by atoms with van der Waals surface area (Å²) >= 11 is 0. The molecule has 0 radical (unpaired) electrons. The van der Waals surface area contributed by atoms with Crippen LogP contribution in [-0.4, -0.2) is 17.5 Å². The number of phenols is 1. The SMILES string of the molecule is C/C=C\NC(C)=NCC(C)(C)C(c1ccccc1)c1ccc(O)cc1. The second-order valence-corrected chi connectivity index (χ2v) is 6.97. The lowest BCUT2D eigenvalue weighted by molar-refractivity contribution is 0.330. The van der Waals surface area contributed by atoms with E-state index >= 15 is 0 Å². The van der Waals surface area contributed by atoms with Crippen LogP contribution in [0.25, 0.3) is 0 Å². The molecule has 132 valence electrons. The van der Waals surface area contributed by atoms with Gasteiger partial charge >= 0.3 is 0 Å². The summed E-state index contributed by atoms with van der Waals surface area (Å²) in [4.78, 5) is 4.73. The Morgan fingerprint density at radius 2 is 1.68 bits per heavy atom. The molecule has 1 atom stereocenters. The van der Waals surface area contributed by atoms with E-state index in [1.165, 1.54) is 11.1 Å². The zero-order valence-corrected chi connectivity index (χ0v) is 15.5.